The van der Waals surface area contributed by atoms with Crippen LogP contribution >= 0.6 is 11.3 Å². The molecule has 0 aliphatic carbocycles. The van der Waals surface area contributed by atoms with Crippen molar-refractivity contribution in [3.63, 3.8) is 0 Å². The fourth-order valence-corrected chi connectivity index (χ4v) is 2.81. The third kappa shape index (κ3) is 3.16. The van der Waals surface area contributed by atoms with Crippen molar-refractivity contribution in [1.29, 1.82) is 0 Å². The quantitative estimate of drug-likeness (QED) is 0.544. The Kier molecular flexibility index (Phi) is 3.98. The van der Waals surface area contributed by atoms with Gasteiger partial charge in [0.2, 0.25) is 0 Å². The topological polar surface area (TPSA) is 78.0 Å². The minimum absolute atomic E-state index is 0.00157. The molecule has 23 heavy (non-hydrogen) atoms. The first-order valence-corrected chi connectivity index (χ1v) is 7.47. The van der Waals surface area contributed by atoms with Crippen LogP contribution in [-0.2, 0) is 6.54 Å². The SMILES string of the molecule is O=c1ccc(-c2ccccc2F)nn1Cc1csc([N+](=O)[O-])c1. The molecule has 6 nitrogen and oxygen atoms in total. The Labute approximate surface area is 133 Å². The fourth-order valence-electron chi connectivity index (χ4n) is 2.09. The maximum Gasteiger partial charge on any atom is 0.324 e. The number of hydrogen-bond acceptors (Lipinski definition) is 5. The van der Waals surface area contributed by atoms with E-state index in [1.165, 1.54) is 24.3 Å². The molecule has 0 unspecified atom stereocenters. The number of nitro groups is 1. The van der Waals surface area contributed by atoms with Crippen LogP contribution in [0.15, 0.2) is 52.6 Å². The third-order valence-electron chi connectivity index (χ3n) is 3.17. The summed E-state index contributed by atoms with van der Waals surface area (Å²) in [6.45, 7) is 0.0888. The summed E-state index contributed by atoms with van der Waals surface area (Å²) in [6.07, 6.45) is 0. The Morgan fingerprint density at radius 2 is 2.04 bits per heavy atom. The molecule has 116 valence electrons. The van der Waals surface area contributed by atoms with E-state index in [-0.39, 0.29) is 22.7 Å². The average molecular weight is 331 g/mol. The van der Waals surface area contributed by atoms with Crippen LogP contribution < -0.4 is 5.56 Å². The highest BCUT2D eigenvalue weighted by molar-refractivity contribution is 7.13. The predicted octanol–water partition coefficient (Wildman–Crippen LogP) is 3.07. The predicted molar refractivity (Wildman–Crippen MR) is 84.0 cm³/mol. The van der Waals surface area contributed by atoms with Crippen molar-refractivity contribution in [3.8, 4) is 11.3 Å². The van der Waals surface area contributed by atoms with Crippen molar-refractivity contribution >= 4 is 16.3 Å². The molecule has 1 aromatic carbocycles. The van der Waals surface area contributed by atoms with Crippen LogP contribution in [0.3, 0.4) is 0 Å². The van der Waals surface area contributed by atoms with Crippen LogP contribution in [0.5, 0.6) is 0 Å². The Balaban J connectivity index is 1.96. The van der Waals surface area contributed by atoms with Gasteiger partial charge in [-0.2, -0.15) is 5.10 Å². The van der Waals surface area contributed by atoms with Gasteiger partial charge in [-0.15, -0.1) is 0 Å². The molecule has 3 aromatic rings. The zero-order valence-electron chi connectivity index (χ0n) is 11.7. The highest BCUT2D eigenvalue weighted by atomic mass is 32.1. The van der Waals surface area contributed by atoms with Crippen LogP contribution in [0, 0.1) is 15.9 Å². The molecule has 0 N–H and O–H groups in total. The van der Waals surface area contributed by atoms with Crippen molar-refractivity contribution in [3.05, 3.63) is 79.7 Å². The molecule has 2 heterocycles. The lowest BCUT2D eigenvalue weighted by Gasteiger charge is -2.06. The van der Waals surface area contributed by atoms with Gasteiger partial charge < -0.3 is 0 Å². The second-order valence-corrected chi connectivity index (χ2v) is 5.63. The molecule has 0 saturated carbocycles. The molecule has 0 saturated heterocycles. The smallest absolute Gasteiger partial charge is 0.268 e. The van der Waals surface area contributed by atoms with Gasteiger partial charge in [0, 0.05) is 23.1 Å². The maximum atomic E-state index is 13.8. The molecule has 0 radical (unpaired) electrons. The summed E-state index contributed by atoms with van der Waals surface area (Å²) in [4.78, 5) is 22.1. The van der Waals surface area contributed by atoms with E-state index in [0.717, 1.165) is 16.0 Å². The van der Waals surface area contributed by atoms with Gasteiger partial charge in [-0.1, -0.05) is 23.5 Å². The standard InChI is InChI=1S/C15H10FN3O3S/c16-12-4-2-1-3-11(12)13-5-6-14(20)18(17-13)8-10-7-15(19(21)22)23-9-10/h1-7,9H,8H2. The molecular weight excluding hydrogens is 321 g/mol. The molecule has 0 fully saturated rings. The van der Waals surface area contributed by atoms with Crippen molar-refractivity contribution in [2.24, 2.45) is 0 Å². The highest BCUT2D eigenvalue weighted by Gasteiger charge is 2.12. The van der Waals surface area contributed by atoms with Crippen LogP contribution in [-0.4, -0.2) is 14.7 Å². The van der Waals surface area contributed by atoms with E-state index >= 15 is 0 Å². The Morgan fingerprint density at radius 3 is 2.74 bits per heavy atom. The minimum atomic E-state index is -0.486. The lowest BCUT2D eigenvalue weighted by atomic mass is 10.1. The summed E-state index contributed by atoms with van der Waals surface area (Å²) in [5, 5.41) is 16.4. The van der Waals surface area contributed by atoms with Gasteiger partial charge in [-0.25, -0.2) is 9.07 Å². The van der Waals surface area contributed by atoms with Gasteiger partial charge in [0.25, 0.3) is 5.56 Å². The second kappa shape index (κ2) is 6.09. The van der Waals surface area contributed by atoms with E-state index in [2.05, 4.69) is 5.10 Å². The second-order valence-electron chi connectivity index (χ2n) is 4.74. The molecule has 3 rings (SSSR count). The number of nitrogens with zero attached hydrogens (tertiary/aromatic N) is 3. The van der Waals surface area contributed by atoms with Crippen LogP contribution in [0.4, 0.5) is 9.39 Å². The lowest BCUT2D eigenvalue weighted by molar-refractivity contribution is -0.380. The van der Waals surface area contributed by atoms with Gasteiger partial charge in [0.15, 0.2) is 0 Å². The minimum Gasteiger partial charge on any atom is -0.268 e. The number of hydrogen-bond donors (Lipinski definition) is 0. The zero-order chi connectivity index (χ0) is 16.4. The first-order chi connectivity index (χ1) is 11.0. The number of halogens is 1. The summed E-state index contributed by atoms with van der Waals surface area (Å²) in [5.41, 5.74) is 0.853. The van der Waals surface area contributed by atoms with Gasteiger partial charge in [0.05, 0.1) is 17.2 Å². The van der Waals surface area contributed by atoms with E-state index in [4.69, 9.17) is 0 Å². The van der Waals surface area contributed by atoms with E-state index in [1.807, 2.05) is 0 Å². The number of thiophene rings is 1. The van der Waals surface area contributed by atoms with E-state index in [0.29, 0.717) is 11.3 Å². The maximum absolute atomic E-state index is 13.8. The van der Waals surface area contributed by atoms with Crippen molar-refractivity contribution in [1.82, 2.24) is 9.78 Å². The molecule has 2 aromatic heterocycles. The highest BCUT2D eigenvalue weighted by Crippen LogP contribution is 2.23. The van der Waals surface area contributed by atoms with Crippen LogP contribution in [0.2, 0.25) is 0 Å². The Bertz CT molecular complexity index is 935. The molecule has 0 bridgehead atoms. The third-order valence-corrected chi connectivity index (χ3v) is 4.10. The molecule has 0 amide bonds. The average Bonchev–Trinajstić information content (AvgIpc) is 2.99. The molecule has 0 spiro atoms. The van der Waals surface area contributed by atoms with Crippen molar-refractivity contribution in [2.45, 2.75) is 6.54 Å². The van der Waals surface area contributed by atoms with E-state index in [1.54, 1.807) is 23.6 Å². The summed E-state index contributed by atoms with van der Waals surface area (Å²) in [7, 11) is 0. The Hall–Kier alpha value is -2.87. The van der Waals surface area contributed by atoms with Gasteiger partial charge in [0.1, 0.15) is 5.82 Å². The summed E-state index contributed by atoms with van der Waals surface area (Å²) in [6, 6.07) is 10.3. The van der Waals surface area contributed by atoms with Gasteiger partial charge in [-0.05, 0) is 23.8 Å². The monoisotopic (exact) mass is 331 g/mol. The molecule has 0 atom stereocenters. The van der Waals surface area contributed by atoms with Crippen LogP contribution in [0.1, 0.15) is 5.56 Å². The van der Waals surface area contributed by atoms with Gasteiger partial charge >= 0.3 is 5.00 Å². The van der Waals surface area contributed by atoms with E-state index in [9.17, 15) is 19.3 Å². The number of benzene rings is 1. The fraction of sp³-hybridized carbons (Fsp3) is 0.0667. The summed E-state index contributed by atoms with van der Waals surface area (Å²) in [5.74, 6) is -0.434. The molecule has 8 heteroatoms. The van der Waals surface area contributed by atoms with E-state index < -0.39 is 10.7 Å². The summed E-state index contributed by atoms with van der Waals surface area (Å²) < 4.78 is 15.0. The Morgan fingerprint density at radius 1 is 1.26 bits per heavy atom. The largest absolute Gasteiger partial charge is 0.324 e. The normalized spacial score (nSPS) is 10.7. The first kappa shape index (κ1) is 15.0. The number of aromatic nitrogens is 2. The number of rotatable bonds is 4. The molecular formula is C15H10FN3O3S. The first-order valence-electron chi connectivity index (χ1n) is 6.59. The van der Waals surface area contributed by atoms with Crippen molar-refractivity contribution < 1.29 is 9.31 Å². The zero-order valence-corrected chi connectivity index (χ0v) is 12.5. The lowest BCUT2D eigenvalue weighted by Crippen LogP contribution is -2.22. The molecule has 0 aliphatic rings. The van der Waals surface area contributed by atoms with Crippen molar-refractivity contribution in [2.75, 3.05) is 0 Å². The van der Waals surface area contributed by atoms with Crippen LogP contribution in [0.25, 0.3) is 11.3 Å². The molecule has 0 aliphatic heterocycles. The van der Waals surface area contributed by atoms with Gasteiger partial charge in [-0.3, -0.25) is 14.9 Å². The summed E-state index contributed by atoms with van der Waals surface area (Å²) >= 11 is 0.984.